The molecule has 1 aromatic heterocycles. The summed E-state index contributed by atoms with van der Waals surface area (Å²) in [6.07, 6.45) is 1.58. The third-order valence-corrected chi connectivity index (χ3v) is 11.0. The number of para-hydroxylation sites is 2. The maximum Gasteiger partial charge on any atom is 0.260 e. The van der Waals surface area contributed by atoms with E-state index in [1.165, 1.54) is 16.9 Å². The van der Waals surface area contributed by atoms with Gasteiger partial charge in [0.05, 0.1) is 24.6 Å². The highest BCUT2D eigenvalue weighted by Crippen LogP contribution is 2.61. The summed E-state index contributed by atoms with van der Waals surface area (Å²) < 4.78 is 17.2. The first-order chi connectivity index (χ1) is 21.5. The molecule has 5 rings (SSSR count). The number of thioether (sulfide) groups is 2. The summed E-state index contributed by atoms with van der Waals surface area (Å²) in [5.41, 5.74) is -1.96. The Morgan fingerprint density at radius 3 is 2.11 bits per heavy atom. The molecule has 2 aromatic carbocycles. The second kappa shape index (κ2) is 13.0. The molecule has 0 N–H and O–H groups in total. The fourth-order valence-electron chi connectivity index (χ4n) is 5.66. The molecule has 3 aromatic rings. The van der Waals surface area contributed by atoms with Crippen molar-refractivity contribution >= 4 is 68.5 Å². The molecule has 0 radical (unpaired) electrons. The highest BCUT2D eigenvalue weighted by atomic mass is 32.2. The fourth-order valence-corrected chi connectivity index (χ4v) is 8.61. The lowest BCUT2D eigenvalue weighted by Crippen LogP contribution is -2.73. The third kappa shape index (κ3) is 6.12. The van der Waals surface area contributed by atoms with Gasteiger partial charge in [-0.15, -0.1) is 0 Å². The number of piperazine rings is 1. The number of hydrogen-bond donors (Lipinski definition) is 0. The number of aromatic nitrogens is 1. The largest absolute Gasteiger partial charge is 0.481 e. The Hall–Kier alpha value is -3.70. The van der Waals surface area contributed by atoms with Crippen LogP contribution in [0.1, 0.15) is 31.9 Å². The zero-order valence-corrected chi connectivity index (χ0v) is 28.2. The Balaban J connectivity index is 1.54. The van der Waals surface area contributed by atoms with Gasteiger partial charge in [-0.3, -0.25) is 9.59 Å². The van der Waals surface area contributed by atoms with E-state index in [-0.39, 0.29) is 32.8 Å². The van der Waals surface area contributed by atoms with Crippen LogP contribution < -0.4 is 14.2 Å². The van der Waals surface area contributed by atoms with Gasteiger partial charge in [0.25, 0.3) is 11.8 Å². The summed E-state index contributed by atoms with van der Waals surface area (Å²) in [6, 6.07) is 23.0. The number of hydrogen-bond acceptors (Lipinski definition) is 11. The number of amides is 2. The molecule has 0 spiro atoms. The Morgan fingerprint density at radius 2 is 1.58 bits per heavy atom. The van der Waals surface area contributed by atoms with E-state index in [1.807, 2.05) is 24.3 Å². The van der Waals surface area contributed by atoms with Gasteiger partial charge in [-0.25, -0.2) is 4.98 Å². The number of nitriles is 1. The number of rotatable bonds is 7. The van der Waals surface area contributed by atoms with Gasteiger partial charge in [0.1, 0.15) is 17.0 Å². The molecule has 1 unspecified atom stereocenters. The number of nitrogens with zero attached hydrogens (tertiary/aromatic N) is 4. The molecule has 2 aliphatic rings. The lowest BCUT2D eigenvalue weighted by Gasteiger charge is -2.53. The average Bonchev–Trinajstić information content (AvgIpc) is 3.32. The second-order valence-corrected chi connectivity index (χ2v) is 14.5. The Bertz CT molecular complexity index is 1660. The minimum atomic E-state index is -1.57. The predicted molar refractivity (Wildman–Crippen MR) is 182 cm³/mol. The van der Waals surface area contributed by atoms with Crippen LogP contribution in [0, 0.1) is 16.7 Å². The van der Waals surface area contributed by atoms with E-state index in [1.54, 1.807) is 75.6 Å². The smallest absolute Gasteiger partial charge is 0.260 e. The van der Waals surface area contributed by atoms with Crippen molar-refractivity contribution in [1.82, 2.24) is 14.8 Å². The predicted octanol–water partition coefficient (Wildman–Crippen LogP) is 6.01. The van der Waals surface area contributed by atoms with Gasteiger partial charge in [-0.05, 0) is 85.9 Å². The first kappa shape index (κ1) is 32.7. The molecule has 0 aliphatic carbocycles. The van der Waals surface area contributed by atoms with Crippen LogP contribution in [0.3, 0.4) is 0 Å². The number of benzene rings is 2. The molecule has 9 nitrogen and oxygen atoms in total. The molecule has 2 aliphatic heterocycles. The molecule has 2 amide bonds. The summed E-state index contributed by atoms with van der Waals surface area (Å²) in [6.45, 7) is 3.45. The van der Waals surface area contributed by atoms with Crippen molar-refractivity contribution in [3.05, 3.63) is 84.6 Å². The molecule has 13 heteroatoms. The molecule has 4 atom stereocenters. The molecule has 2 saturated heterocycles. The van der Waals surface area contributed by atoms with Gasteiger partial charge in [0, 0.05) is 31.5 Å². The quantitative estimate of drug-likeness (QED) is 0.274. The monoisotopic (exact) mass is 678 g/mol. The van der Waals surface area contributed by atoms with Crippen molar-refractivity contribution < 1.29 is 23.8 Å². The van der Waals surface area contributed by atoms with Gasteiger partial charge in [-0.2, -0.15) is 5.26 Å². The highest BCUT2D eigenvalue weighted by molar-refractivity contribution is 8.24. The standard InChI is InChI=1S/C32H30N4O5S4/c1-30(19-33)18-32(45-29(43)41-23-13-9-6-10-14-23)27(38)35(3)31(2,20-44-28(42)40-22-11-7-5-8-12-22)26(37)36(32)25(30)21-15-16-24(39-4)34-17-21/h5-17,25H,18,20H2,1-4H3/t25-,30+,31-,32?/m0/s1. The molecular formula is C32H30N4O5S4. The van der Waals surface area contributed by atoms with Crippen LogP contribution in [0.25, 0.3) is 0 Å². The molecule has 45 heavy (non-hydrogen) atoms. The van der Waals surface area contributed by atoms with Crippen LogP contribution >= 0.6 is 48.0 Å². The number of methoxy groups -OCH3 is 1. The summed E-state index contributed by atoms with van der Waals surface area (Å²) >= 11 is 13.3. The van der Waals surface area contributed by atoms with Gasteiger partial charge >= 0.3 is 0 Å². The summed E-state index contributed by atoms with van der Waals surface area (Å²) in [5, 5.41) is 10.6. The zero-order chi connectivity index (χ0) is 32.4. The maximum absolute atomic E-state index is 14.9. The number of pyridine rings is 1. The molecule has 0 saturated carbocycles. The van der Waals surface area contributed by atoms with Crippen LogP contribution in [0.5, 0.6) is 17.4 Å². The van der Waals surface area contributed by atoms with Crippen molar-refractivity contribution in [2.24, 2.45) is 5.41 Å². The van der Waals surface area contributed by atoms with E-state index in [9.17, 15) is 14.9 Å². The van der Waals surface area contributed by atoms with E-state index in [2.05, 4.69) is 11.1 Å². The summed E-state index contributed by atoms with van der Waals surface area (Å²) in [5.74, 6) is 0.800. The third-order valence-electron chi connectivity index (χ3n) is 8.07. The molecule has 2 fully saturated rings. The van der Waals surface area contributed by atoms with E-state index in [0.29, 0.717) is 22.9 Å². The fraction of sp³-hybridized carbons (Fsp3) is 0.312. The van der Waals surface area contributed by atoms with Crippen molar-refractivity contribution in [1.29, 1.82) is 5.26 Å². The number of carbonyl (C=O) groups is 2. The Kier molecular flexibility index (Phi) is 9.41. The second-order valence-electron chi connectivity index (χ2n) is 11.1. The SMILES string of the molecule is COc1ccc([C@@H]2N3C(=O)[C@](C)(CSC(=S)Oc4ccccc4)N(C)C(=O)C3(SC(=S)Oc3ccccc3)C[C@]2(C)C#N)cn1. The number of ether oxygens (including phenoxy) is 3. The Labute approximate surface area is 281 Å². The van der Waals surface area contributed by atoms with E-state index < -0.39 is 21.9 Å². The molecule has 232 valence electrons. The van der Waals surface area contributed by atoms with Gasteiger partial charge in [-0.1, -0.05) is 48.2 Å². The van der Waals surface area contributed by atoms with Crippen molar-refractivity contribution in [2.45, 2.75) is 36.7 Å². The Morgan fingerprint density at radius 1 is 0.978 bits per heavy atom. The summed E-state index contributed by atoms with van der Waals surface area (Å²) in [4.78, 5) is 35.3. The first-order valence-electron chi connectivity index (χ1n) is 13.9. The van der Waals surface area contributed by atoms with Crippen LogP contribution in [0.4, 0.5) is 0 Å². The highest BCUT2D eigenvalue weighted by Gasteiger charge is 2.71. The van der Waals surface area contributed by atoms with Crippen molar-refractivity contribution in [2.75, 3.05) is 19.9 Å². The average molecular weight is 679 g/mol. The minimum Gasteiger partial charge on any atom is -0.481 e. The number of carbonyl (C=O) groups excluding carboxylic acids is 2. The maximum atomic E-state index is 14.9. The lowest BCUT2D eigenvalue weighted by molar-refractivity contribution is -0.168. The molecule has 3 heterocycles. The van der Waals surface area contributed by atoms with Crippen LogP contribution in [-0.2, 0) is 9.59 Å². The zero-order valence-electron chi connectivity index (χ0n) is 25.0. The van der Waals surface area contributed by atoms with Crippen molar-refractivity contribution in [3.8, 4) is 23.4 Å². The van der Waals surface area contributed by atoms with E-state index >= 15 is 0 Å². The lowest BCUT2D eigenvalue weighted by atomic mass is 9.80. The summed E-state index contributed by atoms with van der Waals surface area (Å²) in [7, 11) is 3.10. The number of likely N-dealkylation sites (N-methyl/N-ethyl adjacent to an activating group) is 1. The van der Waals surface area contributed by atoms with Crippen LogP contribution in [0.15, 0.2) is 79.0 Å². The minimum absolute atomic E-state index is 0.00379. The van der Waals surface area contributed by atoms with E-state index in [0.717, 1.165) is 23.5 Å². The van der Waals surface area contributed by atoms with Gasteiger partial charge in [0.15, 0.2) is 4.87 Å². The number of thiocarbonyl (C=S) groups is 2. The normalized spacial score (nSPS) is 25.7. The first-order valence-corrected chi connectivity index (χ1v) is 16.5. The molecular weight excluding hydrogens is 649 g/mol. The van der Waals surface area contributed by atoms with Crippen molar-refractivity contribution in [3.63, 3.8) is 0 Å². The number of fused-ring (bicyclic) bond motifs is 1. The topological polar surface area (TPSA) is 105 Å². The van der Waals surface area contributed by atoms with E-state index in [4.69, 9.17) is 38.6 Å². The van der Waals surface area contributed by atoms with Crippen LogP contribution in [-0.4, -0.2) is 65.7 Å². The van der Waals surface area contributed by atoms with Gasteiger partial charge < -0.3 is 24.0 Å². The molecule has 0 bridgehead atoms. The van der Waals surface area contributed by atoms with Crippen LogP contribution in [0.2, 0.25) is 0 Å². The van der Waals surface area contributed by atoms with Gasteiger partial charge in [0.2, 0.25) is 14.6 Å².